The molecule has 3 aliphatic rings. The molecule has 0 radical (unpaired) electrons. The molecule has 0 spiro atoms. The van der Waals surface area contributed by atoms with E-state index in [0.717, 1.165) is 18.8 Å². The van der Waals surface area contributed by atoms with Crippen molar-refractivity contribution in [2.24, 2.45) is 0 Å². The summed E-state index contributed by atoms with van der Waals surface area (Å²) < 4.78 is 13.4. The van der Waals surface area contributed by atoms with E-state index < -0.39 is 0 Å². The van der Waals surface area contributed by atoms with Crippen molar-refractivity contribution in [1.82, 2.24) is 4.90 Å². The molecule has 2 nitrogen and oxygen atoms in total. The largest absolute Gasteiger partial charge is 0.370 e. The molecule has 1 atom stereocenters. The Hall–Kier alpha value is -1.87. The molecule has 0 saturated carbocycles. The lowest BCUT2D eigenvalue weighted by Gasteiger charge is -2.41. The molecule has 0 amide bonds. The minimum atomic E-state index is -0.148. The van der Waals surface area contributed by atoms with Crippen LogP contribution in [0.2, 0.25) is 0 Å². The number of nitrogens with zero attached hydrogens (tertiary/aromatic N) is 2. The molecular formula is C21H23FN2. The Kier molecular flexibility index (Phi) is 3.37. The maximum absolute atomic E-state index is 13.4. The first-order chi connectivity index (χ1) is 11.8. The molecule has 2 heterocycles. The zero-order chi connectivity index (χ0) is 16.1. The van der Waals surface area contributed by atoms with Crippen molar-refractivity contribution in [3.63, 3.8) is 0 Å². The van der Waals surface area contributed by atoms with Crippen LogP contribution in [0, 0.1) is 5.82 Å². The highest BCUT2D eigenvalue weighted by Gasteiger charge is 2.33. The number of aryl methyl sites for hydroxylation is 1. The Morgan fingerprint density at radius 3 is 2.62 bits per heavy atom. The van der Waals surface area contributed by atoms with Crippen molar-refractivity contribution >= 4 is 5.69 Å². The van der Waals surface area contributed by atoms with Gasteiger partial charge in [0.05, 0.1) is 0 Å². The third-order valence-corrected chi connectivity index (χ3v) is 6.07. The topological polar surface area (TPSA) is 6.48 Å². The predicted octanol–water partition coefficient (Wildman–Crippen LogP) is 4.12. The van der Waals surface area contributed by atoms with Gasteiger partial charge in [-0.2, -0.15) is 0 Å². The number of likely N-dealkylation sites (tertiary alicyclic amines) is 1. The number of hydrogen-bond acceptors (Lipinski definition) is 2. The minimum Gasteiger partial charge on any atom is -0.370 e. The number of rotatable bonds is 3. The predicted molar refractivity (Wildman–Crippen MR) is 95.0 cm³/mol. The zero-order valence-corrected chi connectivity index (χ0v) is 13.9. The van der Waals surface area contributed by atoms with Crippen LogP contribution in [0.3, 0.4) is 0 Å². The SMILES string of the molecule is Fc1cccc(N2CC(c3ccc4c(c3)CCC4N3CCC3)C2)c1. The fraction of sp³-hybridized carbons (Fsp3) is 0.429. The van der Waals surface area contributed by atoms with Crippen LogP contribution in [0.25, 0.3) is 0 Å². The number of anilines is 1. The summed E-state index contributed by atoms with van der Waals surface area (Å²) in [4.78, 5) is 4.89. The van der Waals surface area contributed by atoms with Gasteiger partial charge in [-0.05, 0) is 67.2 Å². The van der Waals surface area contributed by atoms with E-state index in [2.05, 4.69) is 28.0 Å². The van der Waals surface area contributed by atoms with E-state index in [4.69, 9.17) is 0 Å². The monoisotopic (exact) mass is 322 g/mol. The summed E-state index contributed by atoms with van der Waals surface area (Å²) in [6.45, 7) is 4.55. The van der Waals surface area contributed by atoms with Crippen molar-refractivity contribution in [2.75, 3.05) is 31.1 Å². The minimum absolute atomic E-state index is 0.148. The summed E-state index contributed by atoms with van der Waals surface area (Å²) in [5.41, 5.74) is 5.60. The molecule has 2 aliphatic heterocycles. The first kappa shape index (κ1) is 14.5. The van der Waals surface area contributed by atoms with Crippen LogP contribution in [0.5, 0.6) is 0 Å². The van der Waals surface area contributed by atoms with Crippen LogP contribution in [-0.4, -0.2) is 31.1 Å². The molecule has 5 rings (SSSR count). The van der Waals surface area contributed by atoms with Gasteiger partial charge >= 0.3 is 0 Å². The maximum Gasteiger partial charge on any atom is 0.125 e. The fourth-order valence-corrected chi connectivity index (χ4v) is 4.47. The molecule has 0 bridgehead atoms. The highest BCUT2D eigenvalue weighted by molar-refractivity contribution is 5.52. The quantitative estimate of drug-likeness (QED) is 0.838. The Labute approximate surface area is 142 Å². The zero-order valence-electron chi connectivity index (χ0n) is 13.9. The lowest BCUT2D eigenvalue weighted by atomic mass is 9.88. The lowest BCUT2D eigenvalue weighted by molar-refractivity contribution is 0.118. The second kappa shape index (κ2) is 5.59. The lowest BCUT2D eigenvalue weighted by Crippen LogP contribution is -2.45. The van der Waals surface area contributed by atoms with Gasteiger partial charge in [0.2, 0.25) is 0 Å². The molecule has 2 aromatic rings. The Morgan fingerprint density at radius 2 is 1.88 bits per heavy atom. The highest BCUT2D eigenvalue weighted by atomic mass is 19.1. The summed E-state index contributed by atoms with van der Waals surface area (Å²) in [5, 5.41) is 0. The third-order valence-electron chi connectivity index (χ3n) is 6.07. The molecule has 0 N–H and O–H groups in total. The van der Waals surface area contributed by atoms with Gasteiger partial charge in [0.15, 0.2) is 0 Å². The van der Waals surface area contributed by atoms with Crippen molar-refractivity contribution in [1.29, 1.82) is 0 Å². The molecule has 2 aromatic carbocycles. The standard InChI is InChI=1S/C21H23FN2/c22-18-3-1-4-19(12-18)24-13-17(14-24)15-5-7-20-16(11-15)6-8-21(20)23-9-2-10-23/h1,3-5,7,11-12,17,21H,2,6,8-10,13-14H2. The Balaban J connectivity index is 1.29. The van der Waals surface area contributed by atoms with Crippen LogP contribution in [0.1, 0.15) is 41.5 Å². The van der Waals surface area contributed by atoms with Crippen LogP contribution in [0.15, 0.2) is 42.5 Å². The summed E-state index contributed by atoms with van der Waals surface area (Å²) in [7, 11) is 0. The van der Waals surface area contributed by atoms with Gasteiger partial charge < -0.3 is 4.90 Å². The van der Waals surface area contributed by atoms with Crippen molar-refractivity contribution in [3.8, 4) is 0 Å². The van der Waals surface area contributed by atoms with E-state index in [9.17, 15) is 4.39 Å². The van der Waals surface area contributed by atoms with Crippen molar-refractivity contribution in [3.05, 3.63) is 65.0 Å². The van der Waals surface area contributed by atoms with E-state index in [1.165, 1.54) is 44.0 Å². The Bertz CT molecular complexity index is 762. The molecule has 2 saturated heterocycles. The second-order valence-corrected chi connectivity index (χ2v) is 7.48. The Morgan fingerprint density at radius 1 is 1.00 bits per heavy atom. The number of hydrogen-bond donors (Lipinski definition) is 0. The highest BCUT2D eigenvalue weighted by Crippen LogP contribution is 2.40. The van der Waals surface area contributed by atoms with Crippen molar-refractivity contribution in [2.45, 2.75) is 31.2 Å². The average molecular weight is 322 g/mol. The molecule has 1 unspecified atom stereocenters. The molecule has 1 aliphatic carbocycles. The van der Waals surface area contributed by atoms with Gasteiger partial charge in [-0.25, -0.2) is 4.39 Å². The average Bonchev–Trinajstić information content (AvgIpc) is 2.87. The van der Waals surface area contributed by atoms with E-state index in [-0.39, 0.29) is 5.82 Å². The van der Waals surface area contributed by atoms with Gasteiger partial charge in [-0.15, -0.1) is 0 Å². The fourth-order valence-electron chi connectivity index (χ4n) is 4.47. The van der Waals surface area contributed by atoms with Gasteiger partial charge in [-0.1, -0.05) is 24.3 Å². The van der Waals surface area contributed by atoms with Crippen LogP contribution in [-0.2, 0) is 6.42 Å². The third kappa shape index (κ3) is 2.34. The van der Waals surface area contributed by atoms with Gasteiger partial charge in [0.1, 0.15) is 5.82 Å². The molecule has 2 fully saturated rings. The molecule has 124 valence electrons. The molecular weight excluding hydrogens is 299 g/mol. The van der Waals surface area contributed by atoms with E-state index >= 15 is 0 Å². The number of fused-ring (bicyclic) bond motifs is 1. The van der Waals surface area contributed by atoms with E-state index in [0.29, 0.717) is 12.0 Å². The van der Waals surface area contributed by atoms with Gasteiger partial charge in [0.25, 0.3) is 0 Å². The van der Waals surface area contributed by atoms with E-state index in [1.807, 2.05) is 6.07 Å². The normalized spacial score (nSPS) is 23.7. The second-order valence-electron chi connectivity index (χ2n) is 7.48. The summed E-state index contributed by atoms with van der Waals surface area (Å²) in [5.74, 6) is 0.437. The van der Waals surface area contributed by atoms with Crippen LogP contribution < -0.4 is 4.90 Å². The summed E-state index contributed by atoms with van der Waals surface area (Å²) in [6.07, 6.45) is 3.88. The smallest absolute Gasteiger partial charge is 0.125 e. The molecule has 24 heavy (non-hydrogen) atoms. The number of halogens is 1. The first-order valence-corrected chi connectivity index (χ1v) is 9.15. The summed E-state index contributed by atoms with van der Waals surface area (Å²) in [6, 6.07) is 14.8. The number of benzene rings is 2. The van der Waals surface area contributed by atoms with Gasteiger partial charge in [-0.3, -0.25) is 4.90 Å². The van der Waals surface area contributed by atoms with Crippen molar-refractivity contribution < 1.29 is 4.39 Å². The molecule has 0 aromatic heterocycles. The van der Waals surface area contributed by atoms with Crippen LogP contribution in [0.4, 0.5) is 10.1 Å². The van der Waals surface area contributed by atoms with E-state index in [1.54, 1.807) is 23.3 Å². The summed E-state index contributed by atoms with van der Waals surface area (Å²) >= 11 is 0. The first-order valence-electron chi connectivity index (χ1n) is 9.15. The van der Waals surface area contributed by atoms with Crippen LogP contribution >= 0.6 is 0 Å². The van der Waals surface area contributed by atoms with Gasteiger partial charge in [0, 0.05) is 30.7 Å². The molecule has 3 heteroatoms. The maximum atomic E-state index is 13.4.